The van der Waals surface area contributed by atoms with E-state index in [-0.39, 0.29) is 12.5 Å². The number of nitrogens with one attached hydrogen (secondary N) is 1. The Morgan fingerprint density at radius 3 is 2.78 bits per heavy atom. The molecule has 0 saturated carbocycles. The minimum atomic E-state index is -0.146. The van der Waals surface area contributed by atoms with Gasteiger partial charge in [-0.15, -0.1) is 0 Å². The van der Waals surface area contributed by atoms with Gasteiger partial charge in [0.05, 0.1) is 6.61 Å². The van der Waals surface area contributed by atoms with Crippen LogP contribution in [0.2, 0.25) is 0 Å². The Labute approximate surface area is 140 Å². The molecule has 0 spiro atoms. The Morgan fingerprint density at radius 2 is 2.13 bits per heavy atom. The van der Waals surface area contributed by atoms with E-state index >= 15 is 0 Å². The Morgan fingerprint density at radius 1 is 1.35 bits per heavy atom. The van der Waals surface area contributed by atoms with Gasteiger partial charge in [0.25, 0.3) is 5.91 Å². The summed E-state index contributed by atoms with van der Waals surface area (Å²) in [5, 5.41) is 13.5. The van der Waals surface area contributed by atoms with Crippen LogP contribution in [0.25, 0.3) is 10.8 Å². The lowest BCUT2D eigenvalue weighted by Crippen LogP contribution is -2.28. The average molecular weight is 332 g/mol. The van der Waals surface area contributed by atoms with Crippen LogP contribution < -0.4 is 5.32 Å². The van der Waals surface area contributed by atoms with Crippen molar-refractivity contribution in [1.29, 1.82) is 0 Å². The number of aliphatic hydroxyl groups is 1. The van der Waals surface area contributed by atoms with Crippen molar-refractivity contribution in [3.8, 4) is 0 Å². The molecule has 0 aliphatic rings. The lowest BCUT2D eigenvalue weighted by atomic mass is 9.97. The molecule has 2 rings (SSSR count). The molecule has 5 nitrogen and oxygen atoms in total. The first-order chi connectivity index (χ1) is 11.1. The van der Waals surface area contributed by atoms with Crippen LogP contribution in [0.4, 0.5) is 5.69 Å². The SMILES string of the molecule is CN(CCS)C(=O)c1ccc(NCCO)c2cccc(C=O)c12. The molecule has 0 atom stereocenters. The third-order valence-corrected chi connectivity index (χ3v) is 3.84. The highest BCUT2D eigenvalue weighted by molar-refractivity contribution is 7.80. The van der Waals surface area contributed by atoms with Gasteiger partial charge in [-0.3, -0.25) is 9.59 Å². The van der Waals surface area contributed by atoms with Gasteiger partial charge < -0.3 is 15.3 Å². The largest absolute Gasteiger partial charge is 0.395 e. The molecule has 2 aromatic carbocycles. The Hall–Kier alpha value is -2.05. The molecule has 0 fully saturated rings. The summed E-state index contributed by atoms with van der Waals surface area (Å²) in [6.07, 6.45) is 0.757. The third kappa shape index (κ3) is 3.65. The van der Waals surface area contributed by atoms with Crippen molar-refractivity contribution in [2.75, 3.05) is 37.8 Å². The number of aliphatic hydroxyl groups excluding tert-OH is 1. The fourth-order valence-electron chi connectivity index (χ4n) is 2.51. The van der Waals surface area contributed by atoms with Gasteiger partial charge in [-0.1, -0.05) is 18.2 Å². The first-order valence-electron chi connectivity index (χ1n) is 7.36. The Balaban J connectivity index is 2.62. The first kappa shape index (κ1) is 17.3. The van der Waals surface area contributed by atoms with E-state index in [0.717, 1.165) is 17.4 Å². The predicted octanol–water partition coefficient (Wildman–Crippen LogP) is 2.06. The van der Waals surface area contributed by atoms with Crippen LogP contribution in [0.1, 0.15) is 20.7 Å². The minimum absolute atomic E-state index is 0.000227. The maximum atomic E-state index is 12.7. The van der Waals surface area contributed by atoms with Gasteiger partial charge >= 0.3 is 0 Å². The van der Waals surface area contributed by atoms with E-state index in [4.69, 9.17) is 5.11 Å². The molecule has 0 aromatic heterocycles. The average Bonchev–Trinajstić information content (AvgIpc) is 2.58. The third-order valence-electron chi connectivity index (χ3n) is 3.64. The van der Waals surface area contributed by atoms with Gasteiger partial charge in [0.1, 0.15) is 0 Å². The number of benzene rings is 2. The summed E-state index contributed by atoms with van der Waals surface area (Å²) in [5.74, 6) is 0.420. The zero-order valence-corrected chi connectivity index (χ0v) is 13.8. The standard InChI is InChI=1S/C17H20N2O3S/c1-19(8-10-23)17(22)14-5-6-15(18-7-9-20)13-4-2-3-12(11-21)16(13)14/h2-6,11,18,20,23H,7-10H2,1H3. The van der Waals surface area contributed by atoms with Crippen LogP contribution in [0, 0.1) is 0 Å². The zero-order valence-electron chi connectivity index (χ0n) is 13.0. The summed E-state index contributed by atoms with van der Waals surface area (Å²) < 4.78 is 0. The van der Waals surface area contributed by atoms with Gasteiger partial charge in [-0.2, -0.15) is 12.6 Å². The maximum absolute atomic E-state index is 12.7. The molecule has 0 saturated heterocycles. The molecule has 6 heteroatoms. The molecule has 122 valence electrons. The van der Waals surface area contributed by atoms with Gasteiger partial charge in [0.2, 0.25) is 0 Å². The van der Waals surface area contributed by atoms with Crippen molar-refractivity contribution in [3.63, 3.8) is 0 Å². The van der Waals surface area contributed by atoms with Crippen molar-refractivity contribution >= 4 is 41.3 Å². The van der Waals surface area contributed by atoms with Gasteiger partial charge in [-0.25, -0.2) is 0 Å². The molecule has 0 aliphatic carbocycles. The van der Waals surface area contributed by atoms with Crippen LogP contribution in [-0.2, 0) is 0 Å². The Bertz CT molecular complexity index is 718. The fourth-order valence-corrected chi connectivity index (χ4v) is 2.81. The zero-order chi connectivity index (χ0) is 16.8. The molecule has 0 radical (unpaired) electrons. The highest BCUT2D eigenvalue weighted by atomic mass is 32.1. The molecular formula is C17H20N2O3S. The van der Waals surface area contributed by atoms with E-state index in [9.17, 15) is 9.59 Å². The molecule has 2 N–H and O–H groups in total. The summed E-state index contributed by atoms with van der Waals surface area (Å²) in [4.78, 5) is 25.7. The lowest BCUT2D eigenvalue weighted by Gasteiger charge is -2.19. The van der Waals surface area contributed by atoms with Crippen LogP contribution in [0.5, 0.6) is 0 Å². The number of fused-ring (bicyclic) bond motifs is 1. The summed E-state index contributed by atoms with van der Waals surface area (Å²) >= 11 is 4.15. The molecule has 0 aliphatic heterocycles. The van der Waals surface area contributed by atoms with E-state index in [1.54, 1.807) is 36.2 Å². The predicted molar refractivity (Wildman–Crippen MR) is 95.7 cm³/mol. The monoisotopic (exact) mass is 332 g/mol. The molecule has 2 aromatic rings. The van der Waals surface area contributed by atoms with E-state index in [1.807, 2.05) is 6.07 Å². The second-order valence-corrected chi connectivity index (χ2v) is 5.60. The summed E-state index contributed by atoms with van der Waals surface area (Å²) in [6, 6.07) is 8.85. The van der Waals surface area contributed by atoms with E-state index < -0.39 is 0 Å². The fraction of sp³-hybridized carbons (Fsp3) is 0.294. The quantitative estimate of drug-likeness (QED) is 0.536. The minimum Gasteiger partial charge on any atom is -0.395 e. The number of thiol groups is 1. The highest BCUT2D eigenvalue weighted by Crippen LogP contribution is 2.29. The molecule has 0 unspecified atom stereocenters. The van der Waals surface area contributed by atoms with E-state index in [1.165, 1.54) is 0 Å². The van der Waals surface area contributed by atoms with Crippen molar-refractivity contribution in [3.05, 3.63) is 41.5 Å². The van der Waals surface area contributed by atoms with Crippen LogP contribution in [-0.4, -0.2) is 54.7 Å². The maximum Gasteiger partial charge on any atom is 0.254 e. The van der Waals surface area contributed by atoms with Gasteiger partial charge in [-0.05, 0) is 12.1 Å². The van der Waals surface area contributed by atoms with Gasteiger partial charge in [0.15, 0.2) is 6.29 Å². The van der Waals surface area contributed by atoms with Crippen molar-refractivity contribution in [2.45, 2.75) is 0 Å². The number of amides is 1. The summed E-state index contributed by atoms with van der Waals surface area (Å²) in [5.41, 5.74) is 1.74. The molecule has 0 bridgehead atoms. The van der Waals surface area contributed by atoms with Gasteiger partial charge in [0, 0.05) is 53.5 Å². The first-order valence-corrected chi connectivity index (χ1v) is 7.99. The van der Waals surface area contributed by atoms with Crippen LogP contribution in [0.15, 0.2) is 30.3 Å². The van der Waals surface area contributed by atoms with Crippen LogP contribution in [0.3, 0.4) is 0 Å². The van der Waals surface area contributed by atoms with E-state index in [0.29, 0.717) is 35.4 Å². The van der Waals surface area contributed by atoms with E-state index in [2.05, 4.69) is 17.9 Å². The summed E-state index contributed by atoms with van der Waals surface area (Å²) in [6.45, 7) is 0.921. The normalized spacial score (nSPS) is 10.6. The number of rotatable bonds is 7. The highest BCUT2D eigenvalue weighted by Gasteiger charge is 2.18. The topological polar surface area (TPSA) is 69.6 Å². The van der Waals surface area contributed by atoms with Crippen molar-refractivity contribution in [1.82, 2.24) is 4.90 Å². The number of carbonyl (C=O) groups excluding carboxylic acids is 2. The second kappa shape index (κ2) is 7.99. The Kier molecular flexibility index (Phi) is 6.01. The number of nitrogens with zero attached hydrogens (tertiary/aromatic N) is 1. The number of hydrogen-bond acceptors (Lipinski definition) is 5. The number of hydrogen-bond donors (Lipinski definition) is 3. The molecule has 23 heavy (non-hydrogen) atoms. The smallest absolute Gasteiger partial charge is 0.254 e. The molecule has 1 amide bonds. The number of carbonyl (C=O) groups is 2. The number of aldehydes is 1. The van der Waals surface area contributed by atoms with Crippen LogP contribution >= 0.6 is 12.6 Å². The second-order valence-electron chi connectivity index (χ2n) is 5.15. The lowest BCUT2D eigenvalue weighted by molar-refractivity contribution is 0.0805. The summed E-state index contributed by atoms with van der Waals surface area (Å²) in [7, 11) is 1.71. The molecular weight excluding hydrogens is 312 g/mol. The van der Waals surface area contributed by atoms with Crippen molar-refractivity contribution in [2.24, 2.45) is 0 Å². The van der Waals surface area contributed by atoms with Crippen molar-refractivity contribution < 1.29 is 14.7 Å². The number of anilines is 1. The molecule has 0 heterocycles.